The zero-order valence-corrected chi connectivity index (χ0v) is 19.9. The van der Waals surface area contributed by atoms with Crippen LogP contribution in [0.5, 0.6) is 0 Å². The average Bonchev–Trinajstić information content (AvgIpc) is 3.06. The number of hydrogen-bond donors (Lipinski definition) is 2. The number of carbonyl (C=O) groups is 1. The molecule has 10 heteroatoms. The fourth-order valence-corrected chi connectivity index (χ4v) is 4.78. The van der Waals surface area contributed by atoms with E-state index in [9.17, 15) is 13.2 Å². The first kappa shape index (κ1) is 23.2. The zero-order valence-electron chi connectivity index (χ0n) is 19.1. The van der Waals surface area contributed by atoms with Crippen LogP contribution in [0, 0.1) is 26.7 Å². The summed E-state index contributed by atoms with van der Waals surface area (Å²) in [6, 6.07) is 6.39. The normalized spacial score (nSPS) is 16.8. The van der Waals surface area contributed by atoms with Gasteiger partial charge in [-0.2, -0.15) is 4.98 Å². The van der Waals surface area contributed by atoms with Crippen LogP contribution in [-0.2, 0) is 21.2 Å². The minimum absolute atomic E-state index is 0.0166. The Morgan fingerprint density at radius 3 is 2.64 bits per heavy atom. The molecule has 1 aliphatic heterocycles. The van der Waals surface area contributed by atoms with Gasteiger partial charge in [0.1, 0.15) is 17.4 Å². The quantitative estimate of drug-likeness (QED) is 0.564. The Labute approximate surface area is 193 Å². The van der Waals surface area contributed by atoms with Crippen molar-refractivity contribution >= 4 is 32.8 Å². The molecule has 1 fully saturated rings. The monoisotopic (exact) mass is 471 g/mol. The van der Waals surface area contributed by atoms with E-state index in [-0.39, 0.29) is 16.7 Å². The van der Waals surface area contributed by atoms with Gasteiger partial charge in [-0.3, -0.25) is 4.79 Å². The Kier molecular flexibility index (Phi) is 6.40. The van der Waals surface area contributed by atoms with E-state index >= 15 is 0 Å². The lowest BCUT2D eigenvalue weighted by Crippen LogP contribution is -2.44. The van der Waals surface area contributed by atoms with Crippen LogP contribution >= 0.6 is 0 Å². The number of anilines is 1. The summed E-state index contributed by atoms with van der Waals surface area (Å²) in [5.74, 6) is 2.19. The number of sulfonamides is 1. The second kappa shape index (κ2) is 9.11. The van der Waals surface area contributed by atoms with Gasteiger partial charge in [-0.05, 0) is 57.7 Å². The van der Waals surface area contributed by atoms with Gasteiger partial charge < -0.3 is 14.6 Å². The number of aromatic nitrogens is 2. The minimum atomic E-state index is -3.70. The summed E-state index contributed by atoms with van der Waals surface area (Å²) in [7, 11) is -3.70. The Morgan fingerprint density at radius 2 is 1.94 bits per heavy atom. The number of piperidine rings is 1. The van der Waals surface area contributed by atoms with Gasteiger partial charge in [0.15, 0.2) is 0 Å². The van der Waals surface area contributed by atoms with E-state index in [4.69, 9.17) is 14.5 Å². The lowest BCUT2D eigenvalue weighted by atomic mass is 9.96. The van der Waals surface area contributed by atoms with Gasteiger partial charge >= 0.3 is 0 Å². The predicted molar refractivity (Wildman–Crippen MR) is 125 cm³/mol. The lowest BCUT2D eigenvalue weighted by molar-refractivity contribution is -0.125. The van der Waals surface area contributed by atoms with Crippen molar-refractivity contribution in [3.8, 4) is 0 Å². The van der Waals surface area contributed by atoms with Gasteiger partial charge in [0, 0.05) is 25.2 Å². The number of carbonyl (C=O) groups excluding carboxylic acids is 1. The van der Waals surface area contributed by atoms with Crippen molar-refractivity contribution in [1.82, 2.24) is 15.3 Å². The Morgan fingerprint density at radius 1 is 1.21 bits per heavy atom. The predicted octanol–water partition coefficient (Wildman–Crippen LogP) is 2.37. The third kappa shape index (κ3) is 5.01. The second-order valence-electron chi connectivity index (χ2n) is 8.57. The second-order valence-corrected chi connectivity index (χ2v) is 10.1. The van der Waals surface area contributed by atoms with Crippen LogP contribution in [0.4, 0.5) is 5.82 Å². The van der Waals surface area contributed by atoms with Gasteiger partial charge in [-0.15, -0.1) is 0 Å². The summed E-state index contributed by atoms with van der Waals surface area (Å²) in [4.78, 5) is 24.2. The molecule has 0 unspecified atom stereocenters. The molecule has 9 nitrogen and oxygen atoms in total. The molecule has 0 aliphatic carbocycles. The van der Waals surface area contributed by atoms with Crippen molar-refractivity contribution in [1.29, 1.82) is 0 Å². The van der Waals surface area contributed by atoms with Crippen molar-refractivity contribution in [3.05, 3.63) is 47.0 Å². The molecule has 3 N–H and O–H groups in total. The summed E-state index contributed by atoms with van der Waals surface area (Å²) in [6.07, 6.45) is 2.32. The molecule has 1 amide bonds. The van der Waals surface area contributed by atoms with E-state index in [1.165, 1.54) is 12.1 Å². The molecule has 3 heterocycles. The first-order valence-corrected chi connectivity index (χ1v) is 12.6. The fraction of sp³-hybridized carbons (Fsp3) is 0.435. The number of primary sulfonamides is 1. The highest BCUT2D eigenvalue weighted by Crippen LogP contribution is 2.33. The van der Waals surface area contributed by atoms with Crippen molar-refractivity contribution in [2.24, 2.45) is 11.1 Å². The maximum absolute atomic E-state index is 12.9. The maximum atomic E-state index is 12.9. The van der Waals surface area contributed by atoms with Gasteiger partial charge in [0.05, 0.1) is 16.2 Å². The van der Waals surface area contributed by atoms with E-state index in [1.807, 2.05) is 20.8 Å². The lowest BCUT2D eigenvalue weighted by Gasteiger charge is -2.33. The smallest absolute Gasteiger partial charge is 0.238 e. The highest BCUT2D eigenvalue weighted by atomic mass is 32.2. The molecule has 0 radical (unpaired) electrons. The van der Waals surface area contributed by atoms with Gasteiger partial charge in [0.25, 0.3) is 0 Å². The SMILES string of the molecule is Cc1nc(N2CCC[C@@H](C(=O)NCCc3ccc(S(N)(=O)=O)cc3)C2)c2c(C)c(C)oc2n1. The van der Waals surface area contributed by atoms with Gasteiger partial charge in [-0.1, -0.05) is 12.1 Å². The molecular weight excluding hydrogens is 442 g/mol. The minimum Gasteiger partial charge on any atom is -0.443 e. The standard InChI is InChI=1S/C23H29N5O4S/c1-14-15(2)32-23-20(14)21(26-16(3)27-23)28-12-4-5-18(13-28)22(29)25-11-10-17-6-8-19(9-7-17)33(24,30)31/h6-9,18H,4-5,10-13H2,1-3H3,(H,25,29)(H2,24,30,31)/t18-/m1/s1. The number of fused-ring (bicyclic) bond motifs is 1. The number of aryl methyl sites for hydroxylation is 3. The zero-order chi connectivity index (χ0) is 23.8. The molecule has 33 heavy (non-hydrogen) atoms. The Balaban J connectivity index is 1.40. The average molecular weight is 472 g/mol. The van der Waals surface area contributed by atoms with Gasteiger partial charge in [-0.25, -0.2) is 18.5 Å². The summed E-state index contributed by atoms with van der Waals surface area (Å²) >= 11 is 0. The molecule has 4 rings (SSSR count). The van der Waals surface area contributed by atoms with E-state index in [1.54, 1.807) is 12.1 Å². The molecule has 0 spiro atoms. The number of nitrogens with zero attached hydrogens (tertiary/aromatic N) is 3. The number of benzene rings is 1. The summed E-state index contributed by atoms with van der Waals surface area (Å²) in [5.41, 5.74) is 2.55. The number of nitrogens with one attached hydrogen (secondary N) is 1. The molecule has 0 saturated carbocycles. The summed E-state index contributed by atoms with van der Waals surface area (Å²) < 4.78 is 28.5. The molecule has 176 valence electrons. The van der Waals surface area contributed by atoms with Crippen LogP contribution in [0.25, 0.3) is 11.1 Å². The topological polar surface area (TPSA) is 131 Å². The highest BCUT2D eigenvalue weighted by Gasteiger charge is 2.29. The van der Waals surface area contributed by atoms with Crippen LogP contribution < -0.4 is 15.4 Å². The summed E-state index contributed by atoms with van der Waals surface area (Å²) in [6.45, 7) is 7.66. The Hall–Kier alpha value is -2.98. The number of furan rings is 1. The van der Waals surface area contributed by atoms with Crippen LogP contribution in [-0.4, -0.2) is 43.9 Å². The van der Waals surface area contributed by atoms with Gasteiger partial charge in [0.2, 0.25) is 21.6 Å². The highest BCUT2D eigenvalue weighted by molar-refractivity contribution is 7.89. The van der Waals surface area contributed by atoms with E-state index in [0.717, 1.165) is 47.5 Å². The molecule has 1 aromatic carbocycles. The molecule has 2 aromatic heterocycles. The first-order chi connectivity index (χ1) is 15.6. The number of hydrogen-bond acceptors (Lipinski definition) is 7. The number of rotatable bonds is 6. The number of amides is 1. The number of nitrogens with two attached hydrogens (primary N) is 1. The van der Waals surface area contributed by atoms with Crippen LogP contribution in [0.1, 0.15) is 35.6 Å². The Bertz CT molecular complexity index is 1280. The summed E-state index contributed by atoms with van der Waals surface area (Å²) in [5, 5.41) is 9.07. The maximum Gasteiger partial charge on any atom is 0.238 e. The van der Waals surface area contributed by atoms with Crippen LogP contribution in [0.15, 0.2) is 33.6 Å². The third-order valence-electron chi connectivity index (χ3n) is 6.18. The fourth-order valence-electron chi connectivity index (χ4n) is 4.26. The largest absolute Gasteiger partial charge is 0.443 e. The third-order valence-corrected chi connectivity index (χ3v) is 7.11. The molecule has 1 aliphatic rings. The van der Waals surface area contributed by atoms with E-state index in [2.05, 4.69) is 15.2 Å². The van der Waals surface area contributed by atoms with Crippen molar-refractivity contribution < 1.29 is 17.6 Å². The molecule has 3 aromatic rings. The molecule has 1 saturated heterocycles. The van der Waals surface area contributed by atoms with E-state index < -0.39 is 10.0 Å². The molecule has 0 bridgehead atoms. The van der Waals surface area contributed by atoms with E-state index in [0.29, 0.717) is 31.0 Å². The first-order valence-electron chi connectivity index (χ1n) is 11.0. The molecule has 1 atom stereocenters. The van der Waals surface area contributed by atoms with Crippen molar-refractivity contribution in [2.75, 3.05) is 24.5 Å². The van der Waals surface area contributed by atoms with Crippen LogP contribution in [0.2, 0.25) is 0 Å². The van der Waals surface area contributed by atoms with Crippen LogP contribution in [0.3, 0.4) is 0 Å². The van der Waals surface area contributed by atoms with Crippen molar-refractivity contribution in [3.63, 3.8) is 0 Å². The molecular formula is C23H29N5O4S. The van der Waals surface area contributed by atoms with Crippen molar-refractivity contribution in [2.45, 2.75) is 44.9 Å².